The van der Waals surface area contributed by atoms with Gasteiger partial charge in [0.15, 0.2) is 0 Å². The van der Waals surface area contributed by atoms with Crippen LogP contribution in [0.1, 0.15) is 48.9 Å². The van der Waals surface area contributed by atoms with Gasteiger partial charge in [-0.05, 0) is 42.4 Å². The molecule has 1 aliphatic rings. The van der Waals surface area contributed by atoms with Crippen LogP contribution in [0.5, 0.6) is 5.75 Å². The van der Waals surface area contributed by atoms with Crippen molar-refractivity contribution in [2.75, 3.05) is 0 Å². The van der Waals surface area contributed by atoms with Gasteiger partial charge in [-0.15, -0.1) is 0 Å². The van der Waals surface area contributed by atoms with Crippen molar-refractivity contribution in [2.45, 2.75) is 45.3 Å². The summed E-state index contributed by atoms with van der Waals surface area (Å²) >= 11 is 0. The van der Waals surface area contributed by atoms with Crippen LogP contribution in [0.2, 0.25) is 0 Å². The summed E-state index contributed by atoms with van der Waals surface area (Å²) < 4.78 is 6.08. The Morgan fingerprint density at radius 3 is 2.55 bits per heavy atom. The first-order valence-electron chi connectivity index (χ1n) is 8.33. The molecule has 0 aliphatic heterocycles. The number of rotatable bonds is 7. The number of aryl methyl sites for hydroxylation is 1. The molecule has 2 aromatic rings. The molecule has 1 fully saturated rings. The number of ether oxygens (including phenoxy) is 1. The molecule has 22 heavy (non-hydrogen) atoms. The zero-order chi connectivity index (χ0) is 15.4. The summed E-state index contributed by atoms with van der Waals surface area (Å²) in [6.07, 6.45) is 4.75. The predicted molar refractivity (Wildman–Crippen MR) is 90.9 cm³/mol. The van der Waals surface area contributed by atoms with Gasteiger partial charge in [0.1, 0.15) is 12.4 Å². The molecule has 0 spiro atoms. The van der Waals surface area contributed by atoms with Crippen LogP contribution < -0.4 is 10.5 Å². The molecule has 0 amide bonds. The van der Waals surface area contributed by atoms with Gasteiger partial charge < -0.3 is 10.5 Å². The Bertz CT molecular complexity index is 604. The molecule has 2 aromatic carbocycles. The minimum atomic E-state index is 0.113. The smallest absolute Gasteiger partial charge is 0.124 e. The molecular formula is C20H25NO. The first kappa shape index (κ1) is 15.1. The first-order chi connectivity index (χ1) is 10.8. The second-order valence-corrected chi connectivity index (χ2v) is 6.26. The molecule has 2 N–H and O–H groups in total. The molecule has 2 heteroatoms. The minimum absolute atomic E-state index is 0.113. The van der Waals surface area contributed by atoms with Gasteiger partial charge in [0.05, 0.1) is 0 Å². The largest absolute Gasteiger partial charge is 0.489 e. The Labute approximate surface area is 133 Å². The normalized spacial score (nSPS) is 15.5. The lowest BCUT2D eigenvalue weighted by atomic mass is 9.98. The zero-order valence-electron chi connectivity index (χ0n) is 13.3. The summed E-state index contributed by atoms with van der Waals surface area (Å²) in [4.78, 5) is 0. The van der Waals surface area contributed by atoms with E-state index in [9.17, 15) is 0 Å². The maximum Gasteiger partial charge on any atom is 0.124 e. The van der Waals surface area contributed by atoms with Crippen molar-refractivity contribution in [2.24, 2.45) is 11.7 Å². The summed E-state index contributed by atoms with van der Waals surface area (Å²) in [6.45, 7) is 2.80. The molecule has 1 saturated carbocycles. The van der Waals surface area contributed by atoms with Gasteiger partial charge in [-0.3, -0.25) is 0 Å². The maximum absolute atomic E-state index is 6.46. The van der Waals surface area contributed by atoms with Crippen LogP contribution in [0.3, 0.4) is 0 Å². The van der Waals surface area contributed by atoms with E-state index in [-0.39, 0.29) is 6.04 Å². The van der Waals surface area contributed by atoms with E-state index in [0.29, 0.717) is 12.5 Å². The van der Waals surface area contributed by atoms with E-state index in [2.05, 4.69) is 37.3 Å². The quantitative estimate of drug-likeness (QED) is 0.808. The molecule has 0 radical (unpaired) electrons. The van der Waals surface area contributed by atoms with E-state index in [4.69, 9.17) is 10.5 Å². The molecule has 116 valence electrons. The molecule has 1 atom stereocenters. The highest BCUT2D eigenvalue weighted by atomic mass is 16.5. The molecule has 3 rings (SSSR count). The fourth-order valence-electron chi connectivity index (χ4n) is 2.88. The monoisotopic (exact) mass is 295 g/mol. The van der Waals surface area contributed by atoms with E-state index >= 15 is 0 Å². The van der Waals surface area contributed by atoms with Crippen LogP contribution in [0.25, 0.3) is 0 Å². The van der Waals surface area contributed by atoms with Crippen molar-refractivity contribution in [3.05, 3.63) is 65.2 Å². The van der Waals surface area contributed by atoms with Crippen LogP contribution in [-0.2, 0) is 13.0 Å². The van der Waals surface area contributed by atoms with E-state index in [0.717, 1.165) is 18.6 Å². The van der Waals surface area contributed by atoms with E-state index < -0.39 is 0 Å². The van der Waals surface area contributed by atoms with E-state index in [1.54, 1.807) is 0 Å². The Hall–Kier alpha value is -1.80. The minimum Gasteiger partial charge on any atom is -0.489 e. The molecule has 1 unspecified atom stereocenters. The Balaban J connectivity index is 1.79. The van der Waals surface area contributed by atoms with Crippen LogP contribution in [-0.4, -0.2) is 0 Å². The molecule has 0 aromatic heterocycles. The van der Waals surface area contributed by atoms with E-state index in [1.165, 1.54) is 29.5 Å². The van der Waals surface area contributed by atoms with Crippen molar-refractivity contribution < 1.29 is 4.74 Å². The highest BCUT2D eigenvalue weighted by molar-refractivity contribution is 5.40. The van der Waals surface area contributed by atoms with Gasteiger partial charge in [-0.25, -0.2) is 0 Å². The Morgan fingerprint density at radius 2 is 1.86 bits per heavy atom. The van der Waals surface area contributed by atoms with Gasteiger partial charge in [-0.1, -0.05) is 55.8 Å². The summed E-state index contributed by atoms with van der Waals surface area (Å²) in [5.41, 5.74) is 10.2. The molecule has 0 saturated heterocycles. The molecule has 1 aliphatic carbocycles. The second kappa shape index (κ2) is 6.97. The van der Waals surface area contributed by atoms with E-state index in [1.807, 2.05) is 18.2 Å². The third-order valence-electron chi connectivity index (χ3n) is 4.34. The van der Waals surface area contributed by atoms with Crippen molar-refractivity contribution in [1.82, 2.24) is 0 Å². The van der Waals surface area contributed by atoms with Crippen molar-refractivity contribution in [3.63, 3.8) is 0 Å². The summed E-state index contributed by atoms with van der Waals surface area (Å²) in [5, 5.41) is 0. The Morgan fingerprint density at radius 1 is 1.09 bits per heavy atom. The average molecular weight is 295 g/mol. The fraction of sp³-hybridized carbons (Fsp3) is 0.400. The third kappa shape index (κ3) is 3.69. The second-order valence-electron chi connectivity index (χ2n) is 6.26. The number of hydrogen-bond acceptors (Lipinski definition) is 2. The van der Waals surface area contributed by atoms with Crippen molar-refractivity contribution in [1.29, 1.82) is 0 Å². The highest BCUT2D eigenvalue weighted by Crippen LogP contribution is 2.42. The SMILES string of the molecule is CCCc1ccc(OCc2ccccc2)c(C(N)C2CC2)c1. The maximum atomic E-state index is 6.46. The lowest BCUT2D eigenvalue weighted by Gasteiger charge is -2.18. The summed E-state index contributed by atoms with van der Waals surface area (Å²) in [5.74, 6) is 1.58. The van der Waals surface area contributed by atoms with Gasteiger partial charge in [-0.2, -0.15) is 0 Å². The standard InChI is InChI=1S/C20H25NO/c1-2-6-15-9-12-19(18(13-15)20(21)17-10-11-17)22-14-16-7-4-3-5-8-16/h3-5,7-9,12-13,17,20H,2,6,10-11,14,21H2,1H3. The van der Waals surface area contributed by atoms with Crippen LogP contribution in [0, 0.1) is 5.92 Å². The zero-order valence-corrected chi connectivity index (χ0v) is 13.3. The lowest BCUT2D eigenvalue weighted by molar-refractivity contribution is 0.300. The van der Waals surface area contributed by atoms with Gasteiger partial charge >= 0.3 is 0 Å². The molecule has 0 heterocycles. The van der Waals surface area contributed by atoms with Crippen molar-refractivity contribution >= 4 is 0 Å². The number of hydrogen-bond donors (Lipinski definition) is 1. The lowest BCUT2D eigenvalue weighted by Crippen LogP contribution is -2.14. The Kier molecular flexibility index (Phi) is 4.79. The average Bonchev–Trinajstić information content (AvgIpc) is 3.39. The van der Waals surface area contributed by atoms with Crippen LogP contribution in [0.4, 0.5) is 0 Å². The molecule has 0 bridgehead atoms. The molecular weight excluding hydrogens is 270 g/mol. The fourth-order valence-corrected chi connectivity index (χ4v) is 2.88. The third-order valence-corrected chi connectivity index (χ3v) is 4.34. The number of benzene rings is 2. The van der Waals surface area contributed by atoms with Crippen LogP contribution >= 0.6 is 0 Å². The highest BCUT2D eigenvalue weighted by Gasteiger charge is 2.31. The predicted octanol–water partition coefficient (Wildman–Crippen LogP) is 4.63. The number of nitrogens with two attached hydrogens (primary N) is 1. The van der Waals surface area contributed by atoms with Crippen LogP contribution in [0.15, 0.2) is 48.5 Å². The van der Waals surface area contributed by atoms with Gasteiger partial charge in [0, 0.05) is 11.6 Å². The topological polar surface area (TPSA) is 35.2 Å². The first-order valence-corrected chi connectivity index (χ1v) is 8.33. The molecule has 2 nitrogen and oxygen atoms in total. The van der Waals surface area contributed by atoms with Crippen molar-refractivity contribution in [3.8, 4) is 5.75 Å². The van der Waals surface area contributed by atoms with Gasteiger partial charge in [0.25, 0.3) is 0 Å². The summed E-state index contributed by atoms with van der Waals surface area (Å²) in [6, 6.07) is 16.9. The summed E-state index contributed by atoms with van der Waals surface area (Å²) in [7, 11) is 0. The van der Waals surface area contributed by atoms with Gasteiger partial charge in [0.2, 0.25) is 0 Å².